The van der Waals surface area contributed by atoms with Gasteiger partial charge in [0.1, 0.15) is 0 Å². The minimum absolute atomic E-state index is 0.0593. The summed E-state index contributed by atoms with van der Waals surface area (Å²) in [6, 6.07) is 0. The number of nitrogens with zero attached hydrogens (tertiary/aromatic N) is 2. The van der Waals surface area contributed by atoms with Gasteiger partial charge in [-0.05, 0) is 32.6 Å². The van der Waals surface area contributed by atoms with Gasteiger partial charge in [-0.3, -0.25) is 0 Å². The van der Waals surface area contributed by atoms with Crippen LogP contribution in [-0.4, -0.2) is 15.1 Å². The second kappa shape index (κ2) is 4.11. The van der Waals surface area contributed by atoms with Crippen molar-refractivity contribution < 1.29 is 0 Å². The van der Waals surface area contributed by atoms with Crippen LogP contribution >= 0.6 is 0 Å². The largest absolute Gasteiger partial charge is 0.351 e. The lowest BCUT2D eigenvalue weighted by atomic mass is 9.82. The van der Waals surface area contributed by atoms with Crippen molar-refractivity contribution in [3.63, 3.8) is 0 Å². The van der Waals surface area contributed by atoms with Crippen LogP contribution in [0.3, 0.4) is 0 Å². The van der Waals surface area contributed by atoms with Gasteiger partial charge in [0.05, 0.1) is 5.69 Å². The van der Waals surface area contributed by atoms with Gasteiger partial charge in [-0.1, -0.05) is 20.8 Å². The molecule has 1 aromatic heterocycles. The molecular weight excluding hydrogens is 198 g/mol. The molecule has 0 fully saturated rings. The first-order valence-electron chi connectivity index (χ1n) is 5.87. The van der Waals surface area contributed by atoms with Crippen molar-refractivity contribution in [3.8, 4) is 0 Å². The maximum atomic E-state index is 4.48. The van der Waals surface area contributed by atoms with E-state index in [9.17, 15) is 0 Å². The number of hydrogen-bond donors (Lipinski definition) is 1. The summed E-state index contributed by atoms with van der Waals surface area (Å²) in [7, 11) is 2.02. The van der Waals surface area contributed by atoms with E-state index < -0.39 is 0 Å². The molecule has 0 atom stereocenters. The second-order valence-corrected chi connectivity index (χ2v) is 6.56. The van der Waals surface area contributed by atoms with Crippen LogP contribution in [0.25, 0.3) is 0 Å². The first-order chi connectivity index (χ1) is 7.09. The molecule has 3 nitrogen and oxygen atoms in total. The Balaban J connectivity index is 2.76. The Morgan fingerprint density at radius 1 is 1.25 bits per heavy atom. The highest BCUT2D eigenvalue weighted by molar-refractivity contribution is 5.31. The molecule has 16 heavy (non-hydrogen) atoms. The van der Waals surface area contributed by atoms with Gasteiger partial charge >= 0.3 is 0 Å². The molecule has 1 rings (SSSR count). The quantitative estimate of drug-likeness (QED) is 0.851. The van der Waals surface area contributed by atoms with Gasteiger partial charge in [-0.15, -0.1) is 0 Å². The van der Waals surface area contributed by atoms with Gasteiger partial charge in [0.15, 0.2) is 0 Å². The number of hydrogen-bond acceptors (Lipinski definition) is 2. The average Bonchev–Trinajstić information content (AvgIpc) is 2.22. The number of aromatic nitrogens is 2. The molecule has 0 bridgehead atoms. The van der Waals surface area contributed by atoms with Crippen LogP contribution in [0.2, 0.25) is 0 Å². The Labute approximate surface area is 99.3 Å². The molecule has 1 aromatic rings. The van der Waals surface area contributed by atoms with Crippen LogP contribution < -0.4 is 5.32 Å². The predicted molar refractivity (Wildman–Crippen MR) is 69.7 cm³/mol. The van der Waals surface area contributed by atoms with Crippen molar-refractivity contribution in [2.75, 3.05) is 5.32 Å². The predicted octanol–water partition coefficient (Wildman–Crippen LogP) is 3.36. The zero-order valence-corrected chi connectivity index (χ0v) is 11.7. The highest BCUT2D eigenvalue weighted by atomic mass is 15.2. The summed E-state index contributed by atoms with van der Waals surface area (Å²) in [5.41, 5.74) is 1.43. The molecule has 0 spiro atoms. The molecule has 0 amide bonds. The van der Waals surface area contributed by atoms with Gasteiger partial charge < -0.3 is 9.88 Å². The SMILES string of the molecule is Cc1cn(C)c(NC(C)(C)CC(C)(C)C)n1. The molecule has 0 aromatic carbocycles. The molecular formula is C13H25N3. The van der Waals surface area contributed by atoms with Gasteiger partial charge in [-0.25, -0.2) is 4.98 Å². The zero-order chi connectivity index (χ0) is 12.6. The van der Waals surface area contributed by atoms with Crippen LogP contribution in [0.4, 0.5) is 5.95 Å². The molecule has 0 aliphatic carbocycles. The summed E-state index contributed by atoms with van der Waals surface area (Å²) in [6.07, 6.45) is 3.14. The molecule has 0 aliphatic rings. The number of anilines is 1. The molecule has 0 saturated heterocycles. The molecule has 0 radical (unpaired) electrons. The summed E-state index contributed by atoms with van der Waals surface area (Å²) < 4.78 is 2.04. The second-order valence-electron chi connectivity index (χ2n) is 6.56. The summed E-state index contributed by atoms with van der Waals surface area (Å²) in [4.78, 5) is 4.48. The van der Waals surface area contributed by atoms with Crippen molar-refractivity contribution >= 4 is 5.95 Å². The third-order valence-electron chi connectivity index (χ3n) is 2.42. The third kappa shape index (κ3) is 3.87. The first-order valence-corrected chi connectivity index (χ1v) is 5.87. The summed E-state index contributed by atoms with van der Waals surface area (Å²) in [6.45, 7) is 13.3. The van der Waals surface area contributed by atoms with Crippen molar-refractivity contribution in [3.05, 3.63) is 11.9 Å². The Kier molecular flexibility index (Phi) is 3.36. The summed E-state index contributed by atoms with van der Waals surface area (Å²) >= 11 is 0. The lowest BCUT2D eigenvalue weighted by Crippen LogP contribution is -2.36. The van der Waals surface area contributed by atoms with Crippen molar-refractivity contribution in [2.24, 2.45) is 12.5 Å². The average molecular weight is 223 g/mol. The molecule has 3 heteroatoms. The lowest BCUT2D eigenvalue weighted by Gasteiger charge is -2.33. The van der Waals surface area contributed by atoms with E-state index in [1.807, 2.05) is 24.7 Å². The first kappa shape index (κ1) is 13.1. The van der Waals surface area contributed by atoms with Crippen molar-refractivity contribution in [1.82, 2.24) is 9.55 Å². The van der Waals surface area contributed by atoms with Crippen molar-refractivity contribution in [2.45, 2.75) is 53.5 Å². The van der Waals surface area contributed by atoms with E-state index in [0.29, 0.717) is 5.41 Å². The Bertz CT molecular complexity index is 356. The van der Waals surface area contributed by atoms with Gasteiger partial charge in [0.25, 0.3) is 0 Å². The fourth-order valence-electron chi connectivity index (χ4n) is 2.40. The van der Waals surface area contributed by atoms with Crippen LogP contribution in [0.5, 0.6) is 0 Å². The van der Waals surface area contributed by atoms with E-state index in [1.165, 1.54) is 0 Å². The van der Waals surface area contributed by atoms with E-state index >= 15 is 0 Å². The van der Waals surface area contributed by atoms with Crippen LogP contribution in [0.1, 0.15) is 46.7 Å². The molecule has 1 N–H and O–H groups in total. The maximum absolute atomic E-state index is 4.48. The molecule has 0 saturated carbocycles. The molecule has 1 heterocycles. The smallest absolute Gasteiger partial charge is 0.203 e. The lowest BCUT2D eigenvalue weighted by molar-refractivity contribution is 0.301. The van der Waals surface area contributed by atoms with Gasteiger partial charge in [0, 0.05) is 18.8 Å². The summed E-state index contributed by atoms with van der Waals surface area (Å²) in [5.74, 6) is 0.951. The number of rotatable bonds is 3. The van der Waals surface area contributed by atoms with Crippen molar-refractivity contribution in [1.29, 1.82) is 0 Å². The highest BCUT2D eigenvalue weighted by Gasteiger charge is 2.26. The summed E-state index contributed by atoms with van der Waals surface area (Å²) in [5, 5.41) is 3.52. The van der Waals surface area contributed by atoms with E-state index in [0.717, 1.165) is 18.1 Å². The van der Waals surface area contributed by atoms with Crippen LogP contribution in [0.15, 0.2) is 6.20 Å². The van der Waals surface area contributed by atoms with E-state index in [4.69, 9.17) is 0 Å². The van der Waals surface area contributed by atoms with E-state index in [1.54, 1.807) is 0 Å². The minimum atomic E-state index is 0.0593. The third-order valence-corrected chi connectivity index (χ3v) is 2.42. The minimum Gasteiger partial charge on any atom is -0.351 e. The number of imidazole rings is 1. The normalized spacial score (nSPS) is 12.9. The fourth-order valence-corrected chi connectivity index (χ4v) is 2.40. The monoisotopic (exact) mass is 223 g/mol. The standard InChI is InChI=1S/C13H25N3/c1-10-8-16(7)11(14-10)15-13(5,6)9-12(2,3)4/h8H,9H2,1-7H3,(H,14,15). The number of aryl methyl sites for hydroxylation is 2. The van der Waals surface area contributed by atoms with Crippen LogP contribution in [-0.2, 0) is 7.05 Å². The van der Waals surface area contributed by atoms with Crippen LogP contribution in [0, 0.1) is 12.3 Å². The van der Waals surface area contributed by atoms with Gasteiger partial charge in [-0.2, -0.15) is 0 Å². The van der Waals surface area contributed by atoms with E-state index in [-0.39, 0.29) is 5.54 Å². The fraction of sp³-hybridized carbons (Fsp3) is 0.769. The topological polar surface area (TPSA) is 29.9 Å². The highest BCUT2D eigenvalue weighted by Crippen LogP contribution is 2.29. The van der Waals surface area contributed by atoms with E-state index in [2.05, 4.69) is 44.9 Å². The Morgan fingerprint density at radius 3 is 2.19 bits per heavy atom. The Morgan fingerprint density at radius 2 is 1.81 bits per heavy atom. The molecule has 0 unspecified atom stereocenters. The zero-order valence-electron chi connectivity index (χ0n) is 11.7. The molecule has 92 valence electrons. The maximum Gasteiger partial charge on any atom is 0.203 e. The number of nitrogens with one attached hydrogen (secondary N) is 1. The molecule has 0 aliphatic heterocycles. The van der Waals surface area contributed by atoms with Gasteiger partial charge in [0.2, 0.25) is 5.95 Å². The Hall–Kier alpha value is -0.990.